The van der Waals surface area contributed by atoms with Gasteiger partial charge in [0.1, 0.15) is 0 Å². The van der Waals surface area contributed by atoms with Crippen LogP contribution in [0.15, 0.2) is 103 Å². The van der Waals surface area contributed by atoms with Gasteiger partial charge in [0.15, 0.2) is 0 Å². The maximum Gasteiger partial charge on any atom is 0.332 e. The minimum Gasteiger partial charge on any atom is -0.376 e. The quantitative estimate of drug-likeness (QED) is 0.183. The summed E-state index contributed by atoms with van der Waals surface area (Å²) in [6.45, 7) is 4.69. The number of benzene rings is 5. The summed E-state index contributed by atoms with van der Waals surface area (Å²) in [5.41, 5.74) is 12.4. The summed E-state index contributed by atoms with van der Waals surface area (Å²) in [6, 6.07) is 39.2. The molecule has 0 N–H and O–H groups in total. The molecule has 0 fully saturated rings. The van der Waals surface area contributed by atoms with E-state index in [0.29, 0.717) is 0 Å². The SMILES string of the molecule is CCCCc1ccc2c3ccccc3n(B3c4ccccc4-n4c5ccccc5c5ccc(CCCC)c3c54)c2c1. The minimum atomic E-state index is 0.0994. The summed E-state index contributed by atoms with van der Waals surface area (Å²) in [4.78, 5) is 0. The molecular weight excluding hydrogens is 495 g/mol. The Morgan fingerprint density at radius 3 is 2.07 bits per heavy atom. The molecule has 1 aliphatic heterocycles. The molecule has 2 aromatic heterocycles. The van der Waals surface area contributed by atoms with Gasteiger partial charge in [-0.1, -0.05) is 106 Å². The van der Waals surface area contributed by atoms with Crippen LogP contribution in [0.5, 0.6) is 0 Å². The van der Waals surface area contributed by atoms with Crippen LogP contribution in [0.1, 0.15) is 50.7 Å². The zero-order chi connectivity index (χ0) is 27.5. The van der Waals surface area contributed by atoms with E-state index >= 15 is 0 Å². The third-order valence-corrected chi connectivity index (χ3v) is 9.36. The van der Waals surface area contributed by atoms with Crippen molar-refractivity contribution in [1.29, 1.82) is 0 Å². The van der Waals surface area contributed by atoms with Crippen molar-refractivity contribution in [3.05, 3.63) is 114 Å². The monoisotopic (exact) mass is 530 g/mol. The fourth-order valence-corrected chi connectivity index (χ4v) is 7.47. The fourth-order valence-electron chi connectivity index (χ4n) is 7.47. The molecule has 0 unspecified atom stereocenters. The van der Waals surface area contributed by atoms with Crippen LogP contribution in [-0.2, 0) is 12.8 Å². The summed E-state index contributed by atoms with van der Waals surface area (Å²) in [7, 11) is 0. The van der Waals surface area contributed by atoms with Crippen LogP contribution in [0.2, 0.25) is 0 Å². The lowest BCUT2D eigenvalue weighted by Gasteiger charge is -2.30. The molecule has 2 nitrogen and oxygen atoms in total. The summed E-state index contributed by atoms with van der Waals surface area (Å²) >= 11 is 0. The number of hydrogen-bond donors (Lipinski definition) is 0. The lowest BCUT2D eigenvalue weighted by Crippen LogP contribution is -2.54. The van der Waals surface area contributed by atoms with E-state index in [1.165, 1.54) is 97.0 Å². The molecule has 8 rings (SSSR count). The molecule has 0 amide bonds. The van der Waals surface area contributed by atoms with E-state index in [1.807, 2.05) is 0 Å². The van der Waals surface area contributed by atoms with Crippen LogP contribution >= 0.6 is 0 Å². The fraction of sp³-hybridized carbons (Fsp3) is 0.211. The maximum absolute atomic E-state index is 2.68. The average molecular weight is 531 g/mol. The second kappa shape index (κ2) is 9.70. The van der Waals surface area contributed by atoms with Gasteiger partial charge in [-0.2, -0.15) is 0 Å². The summed E-state index contributed by atoms with van der Waals surface area (Å²) in [5, 5.41) is 5.40. The average Bonchev–Trinajstić information content (AvgIpc) is 3.53. The maximum atomic E-state index is 2.68. The molecule has 0 radical (unpaired) electrons. The van der Waals surface area contributed by atoms with Crippen molar-refractivity contribution >= 4 is 61.4 Å². The first-order valence-corrected chi connectivity index (χ1v) is 15.5. The summed E-state index contributed by atoms with van der Waals surface area (Å²) in [5.74, 6) is 0. The summed E-state index contributed by atoms with van der Waals surface area (Å²) in [6.07, 6.45) is 7.05. The first-order chi connectivity index (χ1) is 20.3. The van der Waals surface area contributed by atoms with Gasteiger partial charge in [-0.15, -0.1) is 0 Å². The zero-order valence-electron chi connectivity index (χ0n) is 24.0. The van der Waals surface area contributed by atoms with Gasteiger partial charge in [0, 0.05) is 38.3 Å². The normalized spacial score (nSPS) is 12.7. The number of nitrogens with zero attached hydrogens (tertiary/aromatic N) is 2. The van der Waals surface area contributed by atoms with Crippen molar-refractivity contribution in [1.82, 2.24) is 9.05 Å². The van der Waals surface area contributed by atoms with Gasteiger partial charge in [0.05, 0.1) is 11.0 Å². The van der Waals surface area contributed by atoms with Crippen molar-refractivity contribution in [2.45, 2.75) is 52.4 Å². The Morgan fingerprint density at radius 1 is 0.585 bits per heavy atom. The number of unbranched alkanes of at least 4 members (excludes halogenated alkanes) is 2. The molecule has 0 atom stereocenters. The van der Waals surface area contributed by atoms with E-state index in [-0.39, 0.29) is 6.85 Å². The molecular formula is C38H35BN2. The highest BCUT2D eigenvalue weighted by molar-refractivity contribution is 6.88. The van der Waals surface area contributed by atoms with Gasteiger partial charge in [-0.25, -0.2) is 0 Å². The predicted octanol–water partition coefficient (Wildman–Crippen LogP) is 8.54. The lowest BCUT2D eigenvalue weighted by atomic mass is 9.47. The first kappa shape index (κ1) is 24.6. The van der Waals surface area contributed by atoms with Crippen molar-refractivity contribution < 1.29 is 0 Å². The molecule has 1 aliphatic rings. The standard InChI is InChI=1S/C38H35BN2/c1-3-5-13-26-21-23-30-28-15-8-11-19-34(28)41(36(30)25-26)39-32-17-9-12-20-35(32)40-33-18-10-7-16-29(33)31-24-22-27(14-6-4-2)37(39)38(31)40/h7-12,15-25H,3-6,13-14H2,1-2H3. The van der Waals surface area contributed by atoms with Crippen LogP contribution in [-0.4, -0.2) is 15.9 Å². The Balaban J connectivity index is 1.54. The Kier molecular flexibility index (Phi) is 5.81. The van der Waals surface area contributed by atoms with Gasteiger partial charge in [0.2, 0.25) is 0 Å². The first-order valence-electron chi connectivity index (χ1n) is 15.5. The molecule has 0 bridgehead atoms. The Bertz CT molecular complexity index is 2090. The molecule has 200 valence electrons. The second-order valence-electron chi connectivity index (χ2n) is 11.8. The molecule has 3 heterocycles. The Morgan fingerprint density at radius 2 is 1.24 bits per heavy atom. The highest BCUT2D eigenvalue weighted by Gasteiger charge is 2.37. The highest BCUT2D eigenvalue weighted by Crippen LogP contribution is 2.37. The third kappa shape index (κ3) is 3.58. The highest BCUT2D eigenvalue weighted by atomic mass is 15.0. The topological polar surface area (TPSA) is 9.86 Å². The van der Waals surface area contributed by atoms with Gasteiger partial charge >= 0.3 is 6.85 Å². The van der Waals surface area contributed by atoms with E-state index in [1.54, 1.807) is 0 Å². The molecule has 0 saturated heterocycles. The number of para-hydroxylation sites is 3. The second-order valence-corrected chi connectivity index (χ2v) is 11.8. The van der Waals surface area contributed by atoms with E-state index in [9.17, 15) is 0 Å². The van der Waals surface area contributed by atoms with Crippen LogP contribution in [0.25, 0.3) is 49.3 Å². The Labute approximate surface area is 242 Å². The van der Waals surface area contributed by atoms with E-state index in [4.69, 9.17) is 0 Å². The smallest absolute Gasteiger partial charge is 0.332 e. The summed E-state index contributed by atoms with van der Waals surface area (Å²) < 4.78 is 5.24. The number of rotatable bonds is 7. The molecule has 3 heteroatoms. The van der Waals surface area contributed by atoms with Gasteiger partial charge in [0.25, 0.3) is 0 Å². The van der Waals surface area contributed by atoms with Gasteiger partial charge in [-0.05, 0) is 72.0 Å². The molecule has 0 saturated carbocycles. The van der Waals surface area contributed by atoms with E-state index < -0.39 is 0 Å². The molecule has 7 aromatic rings. The zero-order valence-corrected chi connectivity index (χ0v) is 24.0. The van der Waals surface area contributed by atoms with Crippen LogP contribution < -0.4 is 10.9 Å². The predicted molar refractivity (Wildman–Crippen MR) is 178 cm³/mol. The number of aromatic nitrogens is 2. The minimum absolute atomic E-state index is 0.0994. The third-order valence-electron chi connectivity index (χ3n) is 9.36. The van der Waals surface area contributed by atoms with Crippen LogP contribution in [0.4, 0.5) is 0 Å². The molecule has 0 aliphatic carbocycles. The van der Waals surface area contributed by atoms with Gasteiger partial charge in [-0.3, -0.25) is 0 Å². The Hall–Kier alpha value is -4.24. The van der Waals surface area contributed by atoms with Crippen LogP contribution in [0, 0.1) is 0 Å². The molecule has 5 aromatic carbocycles. The van der Waals surface area contributed by atoms with E-state index in [0.717, 1.165) is 12.8 Å². The molecule has 41 heavy (non-hydrogen) atoms. The molecule has 0 spiro atoms. The van der Waals surface area contributed by atoms with Crippen molar-refractivity contribution in [2.24, 2.45) is 0 Å². The van der Waals surface area contributed by atoms with Crippen molar-refractivity contribution in [3.8, 4) is 5.69 Å². The number of fused-ring (bicyclic) bond motifs is 8. The largest absolute Gasteiger partial charge is 0.376 e. The van der Waals surface area contributed by atoms with Gasteiger partial charge < -0.3 is 9.05 Å². The van der Waals surface area contributed by atoms with Crippen molar-refractivity contribution in [2.75, 3.05) is 0 Å². The van der Waals surface area contributed by atoms with E-state index in [2.05, 4.69) is 126 Å². The van der Waals surface area contributed by atoms with Crippen molar-refractivity contribution in [3.63, 3.8) is 0 Å². The lowest BCUT2D eigenvalue weighted by molar-refractivity contribution is 0.795. The van der Waals surface area contributed by atoms with Crippen LogP contribution in [0.3, 0.4) is 0 Å². The number of hydrogen-bond acceptors (Lipinski definition) is 0. The number of aryl methyl sites for hydroxylation is 2.